The van der Waals surface area contributed by atoms with Gasteiger partial charge in [-0.05, 0) is 81.0 Å². The highest BCUT2D eigenvalue weighted by Crippen LogP contribution is 2.35. The fraction of sp³-hybridized carbons (Fsp3) is 0.250. The van der Waals surface area contributed by atoms with E-state index in [1.54, 1.807) is 12.4 Å². The van der Waals surface area contributed by atoms with Crippen LogP contribution in [0.2, 0.25) is 0 Å². The van der Waals surface area contributed by atoms with Crippen molar-refractivity contribution in [3.63, 3.8) is 0 Å². The lowest BCUT2D eigenvalue weighted by Crippen LogP contribution is -2.15. The maximum atomic E-state index is 11.1. The van der Waals surface area contributed by atoms with Crippen molar-refractivity contribution < 1.29 is 4.74 Å². The Kier molecular flexibility index (Phi) is 6.53. The normalized spacial score (nSPS) is 12.6. The Morgan fingerprint density at radius 2 is 1.74 bits per heavy atom. The number of hydrogen-bond donors (Lipinski definition) is 1. The summed E-state index contributed by atoms with van der Waals surface area (Å²) in [7, 11) is 4.13. The van der Waals surface area contributed by atoms with E-state index < -0.39 is 0 Å². The van der Waals surface area contributed by atoms with Crippen molar-refractivity contribution in [1.29, 1.82) is 0 Å². The van der Waals surface area contributed by atoms with Crippen LogP contribution in [0.5, 0.6) is 5.75 Å². The van der Waals surface area contributed by atoms with Gasteiger partial charge < -0.3 is 14.6 Å². The van der Waals surface area contributed by atoms with E-state index in [2.05, 4.69) is 39.9 Å². The second-order valence-electron chi connectivity index (χ2n) is 8.98. The molecule has 7 heteroatoms. The molecule has 0 saturated heterocycles. The van der Waals surface area contributed by atoms with Crippen LogP contribution in [-0.4, -0.2) is 52.8 Å². The molecule has 0 radical (unpaired) electrons. The molecule has 0 atom stereocenters. The number of aromatic nitrogens is 3. The van der Waals surface area contributed by atoms with Crippen LogP contribution in [0.4, 0.5) is 0 Å². The van der Waals surface area contributed by atoms with Gasteiger partial charge in [0.05, 0.1) is 30.0 Å². The maximum Gasteiger partial charge on any atom is 0.380 e. The van der Waals surface area contributed by atoms with E-state index >= 15 is 0 Å². The first-order valence-electron chi connectivity index (χ1n) is 11.8. The SMILES string of the molecule is CN(C)CCCOc1ccc(-c2nc(-c3ccc4c(c3)CCC4=[N+]=O)c(-c3ccncc3)[nH]2)cc1. The summed E-state index contributed by atoms with van der Waals surface area (Å²) in [6, 6.07) is 18.1. The average Bonchev–Trinajstić information content (AvgIpc) is 3.51. The molecule has 2 heterocycles. The zero-order valence-corrected chi connectivity index (χ0v) is 20.0. The molecule has 7 nitrogen and oxygen atoms in total. The average molecular weight is 467 g/mol. The van der Waals surface area contributed by atoms with Crippen molar-refractivity contribution in [3.05, 3.63) is 83.0 Å². The molecule has 0 fully saturated rings. The van der Waals surface area contributed by atoms with Crippen molar-refractivity contribution in [2.24, 2.45) is 0 Å². The van der Waals surface area contributed by atoms with Crippen LogP contribution >= 0.6 is 0 Å². The molecule has 0 amide bonds. The van der Waals surface area contributed by atoms with E-state index in [4.69, 9.17) is 9.72 Å². The zero-order chi connectivity index (χ0) is 24.2. The van der Waals surface area contributed by atoms with Crippen molar-refractivity contribution in [3.8, 4) is 39.7 Å². The van der Waals surface area contributed by atoms with E-state index in [0.29, 0.717) is 18.7 Å². The molecule has 1 aliphatic rings. The third-order valence-electron chi connectivity index (χ3n) is 6.25. The summed E-state index contributed by atoms with van der Waals surface area (Å²) in [6.45, 7) is 1.68. The van der Waals surface area contributed by atoms with Gasteiger partial charge in [-0.3, -0.25) is 4.98 Å². The number of pyridine rings is 1. The van der Waals surface area contributed by atoms with Crippen LogP contribution in [-0.2, 0) is 6.42 Å². The smallest absolute Gasteiger partial charge is 0.380 e. The highest BCUT2D eigenvalue weighted by Gasteiger charge is 2.28. The topological polar surface area (TPSA) is 85.2 Å². The van der Waals surface area contributed by atoms with Crippen LogP contribution < -0.4 is 9.59 Å². The summed E-state index contributed by atoms with van der Waals surface area (Å²) in [4.78, 5) is 29.2. The third kappa shape index (κ3) is 4.92. The Balaban J connectivity index is 1.46. The number of nitrogens with one attached hydrogen (secondary N) is 1. The lowest BCUT2D eigenvalue weighted by atomic mass is 10.0. The molecule has 5 rings (SSSR count). The molecule has 1 aliphatic carbocycles. The summed E-state index contributed by atoms with van der Waals surface area (Å²) >= 11 is 0. The Morgan fingerprint density at radius 3 is 2.49 bits per heavy atom. The van der Waals surface area contributed by atoms with E-state index in [1.165, 1.54) is 0 Å². The van der Waals surface area contributed by atoms with Gasteiger partial charge in [-0.15, -0.1) is 0 Å². The van der Waals surface area contributed by atoms with Gasteiger partial charge in [0.1, 0.15) is 11.6 Å². The van der Waals surface area contributed by atoms with Crippen molar-refractivity contribution >= 4 is 5.71 Å². The molecule has 2 aromatic carbocycles. The van der Waals surface area contributed by atoms with E-state index in [-0.39, 0.29) is 0 Å². The number of H-pyrrole nitrogens is 1. The molecular formula is C28H28N5O2+. The standard InChI is InChI=1S/C28H27N5O2/c1-33(2)16-3-17-35-23-8-4-20(5-9-23)28-30-26(19-12-14-29-15-13-19)27(31-28)22-6-10-24-21(18-22)7-11-25(24)32-34/h4-6,8-10,12-15,18H,3,7,11,16-17H2,1-2H3/p+1. The van der Waals surface area contributed by atoms with Gasteiger partial charge in [0.15, 0.2) is 4.91 Å². The highest BCUT2D eigenvalue weighted by molar-refractivity contribution is 6.04. The monoisotopic (exact) mass is 466 g/mol. The second-order valence-corrected chi connectivity index (χ2v) is 8.98. The van der Waals surface area contributed by atoms with E-state index in [1.807, 2.05) is 48.5 Å². The minimum Gasteiger partial charge on any atom is -0.494 e. The summed E-state index contributed by atoms with van der Waals surface area (Å²) < 4.78 is 5.88. The fourth-order valence-electron chi connectivity index (χ4n) is 4.44. The number of nitroso groups, excluding NO2 is 1. The minimum atomic E-state index is 0.632. The molecule has 0 bridgehead atoms. The Bertz CT molecular complexity index is 1370. The molecule has 0 aliphatic heterocycles. The number of nitrogens with zero attached hydrogens (tertiary/aromatic N) is 4. The number of aryl methyl sites for hydroxylation is 1. The van der Waals surface area contributed by atoms with Crippen LogP contribution in [0.15, 0.2) is 67.0 Å². The molecule has 176 valence electrons. The minimum absolute atomic E-state index is 0.632. The molecule has 0 spiro atoms. The Morgan fingerprint density at radius 1 is 0.971 bits per heavy atom. The molecule has 0 saturated carbocycles. The molecule has 2 aromatic heterocycles. The fourth-order valence-corrected chi connectivity index (χ4v) is 4.44. The number of hydrogen-bond acceptors (Lipinski definition) is 5. The van der Waals surface area contributed by atoms with Gasteiger partial charge in [-0.2, -0.15) is 0 Å². The maximum absolute atomic E-state index is 11.1. The lowest BCUT2D eigenvalue weighted by molar-refractivity contribution is 0.281. The largest absolute Gasteiger partial charge is 0.494 e. The molecule has 4 aromatic rings. The molecular weight excluding hydrogens is 438 g/mol. The Labute approximate surface area is 204 Å². The summed E-state index contributed by atoms with van der Waals surface area (Å²) in [5.41, 5.74) is 7.52. The first-order valence-corrected chi connectivity index (χ1v) is 11.8. The number of ether oxygens (including phenoxy) is 1. The summed E-state index contributed by atoms with van der Waals surface area (Å²) in [5.74, 6) is 1.64. The van der Waals surface area contributed by atoms with Crippen LogP contribution in [0.3, 0.4) is 0 Å². The number of imidazole rings is 1. The van der Waals surface area contributed by atoms with Gasteiger partial charge in [0.2, 0.25) is 4.85 Å². The summed E-state index contributed by atoms with van der Waals surface area (Å²) in [6.07, 6.45) is 6.05. The van der Waals surface area contributed by atoms with Gasteiger partial charge in [-0.1, -0.05) is 6.07 Å². The number of aromatic amines is 1. The number of benzene rings is 2. The summed E-state index contributed by atoms with van der Waals surface area (Å²) in [5, 5.41) is 0. The second kappa shape index (κ2) is 10.1. The van der Waals surface area contributed by atoms with Gasteiger partial charge in [0, 0.05) is 35.6 Å². The molecule has 0 unspecified atom stereocenters. The van der Waals surface area contributed by atoms with Crippen molar-refractivity contribution in [2.45, 2.75) is 19.3 Å². The van der Waals surface area contributed by atoms with Crippen LogP contribution in [0.1, 0.15) is 24.0 Å². The van der Waals surface area contributed by atoms with Gasteiger partial charge in [0.25, 0.3) is 0 Å². The van der Waals surface area contributed by atoms with Gasteiger partial charge in [-0.25, -0.2) is 4.98 Å². The quantitative estimate of drug-likeness (QED) is 0.300. The third-order valence-corrected chi connectivity index (χ3v) is 6.25. The Hall–Kier alpha value is -4.06. The van der Waals surface area contributed by atoms with Crippen molar-refractivity contribution in [1.82, 2.24) is 24.7 Å². The van der Waals surface area contributed by atoms with Crippen LogP contribution in [0.25, 0.3) is 33.9 Å². The first kappa shape index (κ1) is 22.7. The van der Waals surface area contributed by atoms with E-state index in [9.17, 15) is 4.91 Å². The number of fused-ring (bicyclic) bond motifs is 1. The first-order chi connectivity index (χ1) is 17.1. The zero-order valence-electron chi connectivity index (χ0n) is 20.0. The molecule has 35 heavy (non-hydrogen) atoms. The van der Waals surface area contributed by atoms with Crippen molar-refractivity contribution in [2.75, 3.05) is 27.2 Å². The predicted molar refractivity (Wildman–Crippen MR) is 139 cm³/mol. The van der Waals surface area contributed by atoms with Gasteiger partial charge >= 0.3 is 5.71 Å². The lowest BCUT2D eigenvalue weighted by Gasteiger charge is -2.10. The number of rotatable bonds is 8. The van der Waals surface area contributed by atoms with E-state index in [0.717, 1.165) is 70.2 Å². The highest BCUT2D eigenvalue weighted by atomic mass is 16.5. The molecule has 1 N–H and O–H groups in total. The predicted octanol–water partition coefficient (Wildman–Crippen LogP) is 4.71. The van der Waals surface area contributed by atoms with Crippen LogP contribution in [0, 0.1) is 4.91 Å².